The van der Waals surface area contributed by atoms with Gasteiger partial charge < -0.3 is 9.15 Å². The summed E-state index contributed by atoms with van der Waals surface area (Å²) < 4.78 is 10.9. The number of hydrogen-bond donors (Lipinski definition) is 0. The number of halogens is 1. The predicted molar refractivity (Wildman–Crippen MR) is 109 cm³/mol. The van der Waals surface area contributed by atoms with Crippen molar-refractivity contribution < 1.29 is 18.7 Å². The smallest absolute Gasteiger partial charge is 0.315 e. The minimum Gasteiger partial charge on any atom is -0.465 e. The van der Waals surface area contributed by atoms with Gasteiger partial charge in [0.1, 0.15) is 11.5 Å². The van der Waals surface area contributed by atoms with Crippen molar-refractivity contribution in [2.75, 3.05) is 6.61 Å². The molecule has 1 aromatic heterocycles. The fraction of sp³-hybridized carbons (Fsp3) is 0.364. The van der Waals surface area contributed by atoms with Crippen LogP contribution in [0.25, 0.3) is 11.0 Å². The lowest BCUT2D eigenvalue weighted by atomic mass is 9.72. The van der Waals surface area contributed by atoms with Crippen LogP contribution in [0.1, 0.15) is 44.6 Å². The standard InChI is InChI=1S/C22H20ClNO5/c1-3-28-22(27)18-11(2)24-15-5-4-6-16(25)20(15)19(18)14-10-29-17-8-7-12(23)9-13(17)21(14)26/h7-10,18-19H,3-6H2,1-2H3/t18?,19-/m1/s1. The molecule has 2 atom stereocenters. The first-order valence-electron chi connectivity index (χ1n) is 9.61. The number of Topliss-reactive ketones (excluding diaryl/α,β-unsaturated/α-hetero) is 1. The van der Waals surface area contributed by atoms with Crippen molar-refractivity contribution >= 4 is 40.0 Å². The monoisotopic (exact) mass is 413 g/mol. The molecule has 1 unspecified atom stereocenters. The first kappa shape index (κ1) is 19.6. The van der Waals surface area contributed by atoms with E-state index in [9.17, 15) is 14.4 Å². The van der Waals surface area contributed by atoms with Crippen molar-refractivity contribution in [1.82, 2.24) is 0 Å². The van der Waals surface area contributed by atoms with Gasteiger partial charge in [0, 0.05) is 39.9 Å². The zero-order valence-corrected chi connectivity index (χ0v) is 16.9. The van der Waals surface area contributed by atoms with Gasteiger partial charge in [-0.3, -0.25) is 19.4 Å². The van der Waals surface area contributed by atoms with E-state index in [-0.39, 0.29) is 23.4 Å². The second-order valence-electron chi connectivity index (χ2n) is 7.26. The van der Waals surface area contributed by atoms with E-state index >= 15 is 0 Å². The van der Waals surface area contributed by atoms with Gasteiger partial charge in [-0.2, -0.15) is 0 Å². The van der Waals surface area contributed by atoms with E-state index in [0.29, 0.717) is 52.2 Å². The Morgan fingerprint density at radius 1 is 1.31 bits per heavy atom. The molecule has 1 aliphatic heterocycles. The molecule has 150 valence electrons. The zero-order valence-electron chi connectivity index (χ0n) is 16.2. The molecule has 0 radical (unpaired) electrons. The summed E-state index contributed by atoms with van der Waals surface area (Å²) in [6.07, 6.45) is 3.05. The first-order chi connectivity index (χ1) is 13.9. The molecule has 4 rings (SSSR count). The molecule has 1 aromatic carbocycles. The maximum Gasteiger partial charge on any atom is 0.315 e. The number of benzene rings is 1. The summed E-state index contributed by atoms with van der Waals surface area (Å²) in [4.78, 5) is 43.5. The largest absolute Gasteiger partial charge is 0.465 e. The van der Waals surface area contributed by atoms with Crippen molar-refractivity contribution in [2.24, 2.45) is 10.9 Å². The number of carbonyl (C=O) groups is 2. The molecule has 0 amide bonds. The third-order valence-electron chi connectivity index (χ3n) is 5.47. The van der Waals surface area contributed by atoms with Crippen molar-refractivity contribution in [3.63, 3.8) is 0 Å². The number of nitrogens with zero attached hydrogens (tertiary/aromatic N) is 1. The Labute approximate surface area is 172 Å². The van der Waals surface area contributed by atoms with Gasteiger partial charge in [-0.05, 0) is 44.9 Å². The molecule has 2 aliphatic rings. The lowest BCUT2D eigenvalue weighted by molar-refractivity contribution is -0.146. The third kappa shape index (κ3) is 3.31. The highest BCUT2D eigenvalue weighted by molar-refractivity contribution is 6.31. The van der Waals surface area contributed by atoms with Gasteiger partial charge in [0.2, 0.25) is 0 Å². The van der Waals surface area contributed by atoms with Crippen LogP contribution < -0.4 is 5.43 Å². The number of aliphatic imine (C=N–C) groups is 1. The number of fused-ring (bicyclic) bond motifs is 1. The van der Waals surface area contributed by atoms with Crippen molar-refractivity contribution in [1.29, 1.82) is 0 Å². The Morgan fingerprint density at radius 2 is 2.10 bits per heavy atom. The van der Waals surface area contributed by atoms with Crippen LogP contribution in [-0.4, -0.2) is 24.1 Å². The number of rotatable bonds is 3. The third-order valence-corrected chi connectivity index (χ3v) is 5.71. The van der Waals surface area contributed by atoms with E-state index in [2.05, 4.69) is 4.99 Å². The van der Waals surface area contributed by atoms with Gasteiger partial charge in [-0.15, -0.1) is 0 Å². The topological polar surface area (TPSA) is 85.9 Å². The van der Waals surface area contributed by atoms with Crippen LogP contribution in [-0.2, 0) is 14.3 Å². The number of esters is 1. The summed E-state index contributed by atoms with van der Waals surface area (Å²) >= 11 is 6.07. The lowest BCUT2D eigenvalue weighted by Crippen LogP contribution is -2.39. The summed E-state index contributed by atoms with van der Waals surface area (Å²) in [6, 6.07) is 4.79. The van der Waals surface area contributed by atoms with Gasteiger partial charge in [0.05, 0.1) is 18.3 Å². The van der Waals surface area contributed by atoms with E-state index in [1.165, 1.54) is 12.3 Å². The maximum atomic E-state index is 13.3. The number of ether oxygens (including phenoxy) is 1. The number of ketones is 1. The number of allylic oxidation sites excluding steroid dienone is 2. The van der Waals surface area contributed by atoms with E-state index < -0.39 is 17.8 Å². The first-order valence-corrected chi connectivity index (χ1v) is 9.99. The summed E-state index contributed by atoms with van der Waals surface area (Å²) in [5, 5.41) is 0.710. The van der Waals surface area contributed by atoms with Crippen LogP contribution in [0.5, 0.6) is 0 Å². The highest BCUT2D eigenvalue weighted by atomic mass is 35.5. The Bertz CT molecular complexity index is 1140. The van der Waals surface area contributed by atoms with E-state index in [4.69, 9.17) is 20.8 Å². The zero-order chi connectivity index (χ0) is 20.7. The van der Waals surface area contributed by atoms with E-state index in [0.717, 1.165) is 0 Å². The quantitative estimate of drug-likeness (QED) is 0.704. The molecule has 29 heavy (non-hydrogen) atoms. The molecule has 0 bridgehead atoms. The summed E-state index contributed by atoms with van der Waals surface area (Å²) in [5.74, 6) is -2.23. The van der Waals surface area contributed by atoms with Gasteiger partial charge in [-0.1, -0.05) is 11.6 Å². The molecule has 1 aliphatic carbocycles. The summed E-state index contributed by atoms with van der Waals surface area (Å²) in [6.45, 7) is 3.64. The summed E-state index contributed by atoms with van der Waals surface area (Å²) in [5.41, 5.74) is 1.93. The van der Waals surface area contributed by atoms with Crippen LogP contribution in [0.4, 0.5) is 0 Å². The highest BCUT2D eigenvalue weighted by Crippen LogP contribution is 2.43. The van der Waals surface area contributed by atoms with Crippen LogP contribution in [0.3, 0.4) is 0 Å². The second-order valence-corrected chi connectivity index (χ2v) is 7.69. The SMILES string of the molecule is CCOC(=O)C1C(C)=NC2=C(C(=O)CCC2)[C@@H]1c1coc2ccc(Cl)cc2c1=O. The Hall–Kier alpha value is -2.73. The Morgan fingerprint density at radius 3 is 2.86 bits per heavy atom. The maximum absolute atomic E-state index is 13.3. The molecule has 2 aromatic rings. The second kappa shape index (κ2) is 7.59. The minimum absolute atomic E-state index is 0.0904. The average Bonchev–Trinajstić information content (AvgIpc) is 2.68. The summed E-state index contributed by atoms with van der Waals surface area (Å²) in [7, 11) is 0. The van der Waals surface area contributed by atoms with Crippen LogP contribution in [0.2, 0.25) is 5.02 Å². The average molecular weight is 414 g/mol. The number of carbonyl (C=O) groups excluding carboxylic acids is 2. The molecular formula is C22H20ClNO5. The highest BCUT2D eigenvalue weighted by Gasteiger charge is 2.44. The van der Waals surface area contributed by atoms with Gasteiger partial charge in [0.25, 0.3) is 0 Å². The van der Waals surface area contributed by atoms with Crippen LogP contribution in [0.15, 0.2) is 49.9 Å². The van der Waals surface area contributed by atoms with Gasteiger partial charge >= 0.3 is 5.97 Å². The fourth-order valence-corrected chi connectivity index (χ4v) is 4.38. The van der Waals surface area contributed by atoms with Crippen molar-refractivity contribution in [3.05, 3.63) is 56.5 Å². The molecular weight excluding hydrogens is 394 g/mol. The van der Waals surface area contributed by atoms with Crippen molar-refractivity contribution in [2.45, 2.75) is 39.0 Å². The Balaban J connectivity index is 1.97. The molecule has 0 N–H and O–H groups in total. The van der Waals surface area contributed by atoms with Crippen LogP contribution in [0, 0.1) is 5.92 Å². The number of hydrogen-bond acceptors (Lipinski definition) is 6. The molecule has 2 heterocycles. The normalized spacial score (nSPS) is 21.8. The molecule has 0 spiro atoms. The molecule has 0 saturated carbocycles. The Kier molecular flexibility index (Phi) is 5.13. The van der Waals surface area contributed by atoms with Crippen molar-refractivity contribution in [3.8, 4) is 0 Å². The van der Waals surface area contributed by atoms with E-state index in [1.807, 2.05) is 0 Å². The molecule has 0 fully saturated rings. The molecule has 0 saturated heterocycles. The van der Waals surface area contributed by atoms with Crippen LogP contribution >= 0.6 is 11.6 Å². The predicted octanol–water partition coefficient (Wildman–Crippen LogP) is 4.19. The lowest BCUT2D eigenvalue weighted by Gasteiger charge is -2.33. The molecule has 6 nitrogen and oxygen atoms in total. The van der Waals surface area contributed by atoms with Gasteiger partial charge in [-0.25, -0.2) is 0 Å². The van der Waals surface area contributed by atoms with Gasteiger partial charge in [0.15, 0.2) is 11.2 Å². The van der Waals surface area contributed by atoms with E-state index in [1.54, 1.807) is 26.0 Å². The molecule has 7 heteroatoms. The fourth-order valence-electron chi connectivity index (χ4n) is 4.21. The minimum atomic E-state index is -0.852.